The first-order chi connectivity index (χ1) is 13.6. The quantitative estimate of drug-likeness (QED) is 0.740. The van der Waals surface area contributed by atoms with Crippen LogP contribution in [0.3, 0.4) is 0 Å². The molecule has 0 bridgehead atoms. The van der Waals surface area contributed by atoms with Crippen LogP contribution in [0.4, 0.5) is 0 Å². The van der Waals surface area contributed by atoms with Gasteiger partial charge in [-0.15, -0.1) is 11.3 Å². The predicted octanol–water partition coefficient (Wildman–Crippen LogP) is 2.97. The summed E-state index contributed by atoms with van der Waals surface area (Å²) in [6.07, 6.45) is 2.11. The molecule has 0 aliphatic carbocycles. The Hall–Kier alpha value is -2.93. The van der Waals surface area contributed by atoms with Crippen molar-refractivity contribution in [2.45, 2.75) is 13.3 Å². The lowest BCUT2D eigenvalue weighted by Gasteiger charge is -2.34. The molecule has 3 heterocycles. The van der Waals surface area contributed by atoms with Crippen LogP contribution in [0.2, 0.25) is 0 Å². The first kappa shape index (κ1) is 18.4. The van der Waals surface area contributed by atoms with Crippen LogP contribution in [0.25, 0.3) is 10.6 Å². The molecule has 2 amide bonds. The molecule has 0 saturated carbocycles. The minimum atomic E-state index is 0.0291. The number of nitrogens with one attached hydrogen (secondary N) is 1. The highest BCUT2D eigenvalue weighted by Crippen LogP contribution is 2.27. The minimum absolute atomic E-state index is 0.0291. The number of amides is 2. The zero-order chi connectivity index (χ0) is 19.5. The van der Waals surface area contributed by atoms with E-state index in [1.807, 2.05) is 59.2 Å². The van der Waals surface area contributed by atoms with Gasteiger partial charge in [0.05, 0.1) is 21.9 Å². The Bertz CT molecular complexity index is 955. The first-order valence-corrected chi connectivity index (χ1v) is 10.1. The Morgan fingerprint density at radius 3 is 2.39 bits per heavy atom. The lowest BCUT2D eigenvalue weighted by atomic mass is 10.1. The number of aromatic amines is 1. The van der Waals surface area contributed by atoms with E-state index in [1.54, 1.807) is 6.20 Å². The van der Waals surface area contributed by atoms with Crippen molar-refractivity contribution in [2.24, 2.45) is 0 Å². The number of aryl methyl sites for hydroxylation is 1. The third-order valence-electron chi connectivity index (χ3n) is 4.98. The molecule has 28 heavy (non-hydrogen) atoms. The van der Waals surface area contributed by atoms with Crippen LogP contribution in [0.5, 0.6) is 0 Å². The normalized spacial score (nSPS) is 14.3. The number of nitrogens with zero attached hydrogens (tertiary/aromatic N) is 3. The molecule has 1 saturated heterocycles. The van der Waals surface area contributed by atoms with E-state index >= 15 is 0 Å². The molecular weight excluding hydrogens is 372 g/mol. The van der Waals surface area contributed by atoms with Gasteiger partial charge in [0, 0.05) is 32.4 Å². The first-order valence-electron chi connectivity index (χ1n) is 9.32. The van der Waals surface area contributed by atoms with Gasteiger partial charge in [0.25, 0.3) is 5.91 Å². The summed E-state index contributed by atoms with van der Waals surface area (Å²) in [4.78, 5) is 30.7. The Morgan fingerprint density at radius 2 is 1.71 bits per heavy atom. The maximum absolute atomic E-state index is 12.8. The lowest BCUT2D eigenvalue weighted by molar-refractivity contribution is -0.131. The summed E-state index contributed by atoms with van der Waals surface area (Å²) in [6.45, 7) is 4.32. The van der Waals surface area contributed by atoms with E-state index < -0.39 is 0 Å². The minimum Gasteiger partial charge on any atom is -0.339 e. The summed E-state index contributed by atoms with van der Waals surface area (Å²) in [5.41, 5.74) is 3.13. The summed E-state index contributed by atoms with van der Waals surface area (Å²) in [5.74, 6) is 0.148. The van der Waals surface area contributed by atoms with Crippen LogP contribution >= 0.6 is 11.3 Å². The van der Waals surface area contributed by atoms with Crippen molar-refractivity contribution < 1.29 is 9.59 Å². The number of hydrogen-bond acceptors (Lipinski definition) is 4. The second kappa shape index (κ2) is 7.98. The van der Waals surface area contributed by atoms with Gasteiger partial charge in [0.2, 0.25) is 5.91 Å². The van der Waals surface area contributed by atoms with Crippen molar-refractivity contribution >= 4 is 23.2 Å². The van der Waals surface area contributed by atoms with Crippen molar-refractivity contribution in [3.8, 4) is 10.6 Å². The summed E-state index contributed by atoms with van der Waals surface area (Å²) in [6, 6.07) is 13.7. The lowest BCUT2D eigenvalue weighted by Crippen LogP contribution is -2.50. The second-order valence-corrected chi connectivity index (χ2v) is 8.05. The van der Waals surface area contributed by atoms with Crippen molar-refractivity contribution in [1.29, 1.82) is 0 Å². The fourth-order valence-corrected chi connectivity index (χ4v) is 4.25. The van der Waals surface area contributed by atoms with E-state index in [0.717, 1.165) is 16.1 Å². The molecule has 1 N–H and O–H groups in total. The van der Waals surface area contributed by atoms with Gasteiger partial charge in [-0.1, -0.05) is 29.8 Å². The number of carbonyl (C=O) groups is 2. The highest BCUT2D eigenvalue weighted by atomic mass is 32.1. The van der Waals surface area contributed by atoms with Crippen LogP contribution in [0.15, 0.2) is 48.7 Å². The number of benzene rings is 1. The Balaban J connectivity index is 1.33. The van der Waals surface area contributed by atoms with Crippen LogP contribution in [0.1, 0.15) is 20.8 Å². The average Bonchev–Trinajstić information content (AvgIpc) is 3.41. The standard InChI is InChI=1S/C21H22N4O2S/c1-15-2-4-16(5-3-15)14-20(26)24-10-12-25(13-11-24)21(27)19-7-6-18(28-19)17-8-9-22-23-17/h2-9H,10-14H2,1H3,(H,22,23). The van der Waals surface area contributed by atoms with Crippen LogP contribution in [-0.4, -0.2) is 58.0 Å². The fourth-order valence-electron chi connectivity index (χ4n) is 3.30. The van der Waals surface area contributed by atoms with Crippen LogP contribution in [0, 0.1) is 6.92 Å². The number of rotatable bonds is 4. The number of hydrogen-bond donors (Lipinski definition) is 1. The number of carbonyl (C=O) groups excluding carboxylic acids is 2. The molecule has 3 aromatic rings. The average molecular weight is 395 g/mol. The molecule has 1 aromatic carbocycles. The van der Waals surface area contributed by atoms with E-state index in [1.165, 1.54) is 16.9 Å². The van der Waals surface area contributed by atoms with Crippen molar-refractivity contribution in [2.75, 3.05) is 26.2 Å². The molecule has 0 unspecified atom stereocenters. The molecule has 7 heteroatoms. The van der Waals surface area contributed by atoms with E-state index in [9.17, 15) is 9.59 Å². The second-order valence-electron chi connectivity index (χ2n) is 6.97. The molecule has 0 spiro atoms. The molecule has 4 rings (SSSR count). The molecular formula is C21H22N4O2S. The monoisotopic (exact) mass is 394 g/mol. The molecule has 2 aromatic heterocycles. The zero-order valence-electron chi connectivity index (χ0n) is 15.7. The predicted molar refractivity (Wildman–Crippen MR) is 109 cm³/mol. The summed E-state index contributed by atoms with van der Waals surface area (Å²) >= 11 is 1.46. The van der Waals surface area contributed by atoms with Gasteiger partial charge < -0.3 is 9.80 Å². The zero-order valence-corrected chi connectivity index (χ0v) is 16.5. The van der Waals surface area contributed by atoms with E-state index in [2.05, 4.69) is 10.2 Å². The molecule has 6 nitrogen and oxygen atoms in total. The summed E-state index contributed by atoms with van der Waals surface area (Å²) in [7, 11) is 0. The molecule has 144 valence electrons. The van der Waals surface area contributed by atoms with E-state index in [0.29, 0.717) is 37.5 Å². The molecule has 1 aliphatic heterocycles. The summed E-state index contributed by atoms with van der Waals surface area (Å²) < 4.78 is 0. The number of aromatic nitrogens is 2. The van der Waals surface area contributed by atoms with Gasteiger partial charge in [-0.2, -0.15) is 5.10 Å². The largest absolute Gasteiger partial charge is 0.339 e. The van der Waals surface area contributed by atoms with Gasteiger partial charge >= 0.3 is 0 Å². The molecule has 0 radical (unpaired) electrons. The summed E-state index contributed by atoms with van der Waals surface area (Å²) in [5, 5.41) is 6.87. The number of thiophene rings is 1. The van der Waals surface area contributed by atoms with Gasteiger partial charge in [-0.05, 0) is 30.7 Å². The molecule has 1 fully saturated rings. The number of H-pyrrole nitrogens is 1. The van der Waals surface area contributed by atoms with Gasteiger partial charge in [-0.3, -0.25) is 14.7 Å². The van der Waals surface area contributed by atoms with Gasteiger partial charge in [0.15, 0.2) is 0 Å². The Labute approximate surface area is 167 Å². The van der Waals surface area contributed by atoms with E-state index in [-0.39, 0.29) is 11.8 Å². The van der Waals surface area contributed by atoms with Gasteiger partial charge in [-0.25, -0.2) is 0 Å². The Kier molecular flexibility index (Phi) is 5.25. The van der Waals surface area contributed by atoms with Gasteiger partial charge in [0.1, 0.15) is 0 Å². The van der Waals surface area contributed by atoms with Crippen molar-refractivity contribution in [1.82, 2.24) is 20.0 Å². The Morgan fingerprint density at radius 1 is 1.00 bits per heavy atom. The van der Waals surface area contributed by atoms with Crippen molar-refractivity contribution in [3.63, 3.8) is 0 Å². The maximum atomic E-state index is 12.8. The SMILES string of the molecule is Cc1ccc(CC(=O)N2CCN(C(=O)c3ccc(-c4ccn[nH]4)s3)CC2)cc1. The highest BCUT2D eigenvalue weighted by molar-refractivity contribution is 7.17. The fraction of sp³-hybridized carbons (Fsp3) is 0.286. The smallest absolute Gasteiger partial charge is 0.264 e. The third kappa shape index (κ3) is 3.99. The molecule has 1 aliphatic rings. The highest BCUT2D eigenvalue weighted by Gasteiger charge is 2.25. The van der Waals surface area contributed by atoms with Crippen LogP contribution < -0.4 is 0 Å². The molecule has 0 atom stereocenters. The maximum Gasteiger partial charge on any atom is 0.264 e. The van der Waals surface area contributed by atoms with Crippen molar-refractivity contribution in [3.05, 3.63) is 64.7 Å². The van der Waals surface area contributed by atoms with E-state index in [4.69, 9.17) is 0 Å². The number of piperazine rings is 1. The van der Waals surface area contributed by atoms with Crippen LogP contribution in [-0.2, 0) is 11.2 Å². The topological polar surface area (TPSA) is 69.3 Å². The third-order valence-corrected chi connectivity index (χ3v) is 6.09.